The molecule has 0 aromatic carbocycles. The van der Waals surface area contributed by atoms with E-state index >= 15 is 0 Å². The zero-order valence-corrected chi connectivity index (χ0v) is 34.2. The molecule has 0 aromatic heterocycles. The van der Waals surface area contributed by atoms with Crippen LogP contribution in [-0.4, -0.2) is 107 Å². The predicted octanol–water partition coefficient (Wildman–Crippen LogP) is 6.19. The van der Waals surface area contributed by atoms with Crippen molar-refractivity contribution in [1.29, 1.82) is 0 Å². The average molecular weight is 796 g/mol. The second kappa shape index (κ2) is 31.8. The van der Waals surface area contributed by atoms with E-state index in [0.29, 0.717) is 12.8 Å². The van der Waals surface area contributed by atoms with E-state index in [9.17, 15) is 38.7 Å². The molecule has 0 saturated carbocycles. The second-order valence-electron chi connectivity index (χ2n) is 15.1. The lowest BCUT2D eigenvalue weighted by Gasteiger charge is -2.41. The van der Waals surface area contributed by atoms with E-state index in [-0.39, 0.29) is 6.42 Å². The Morgan fingerprint density at radius 3 is 1.67 bits per heavy atom. The van der Waals surface area contributed by atoms with Gasteiger partial charge in [0.05, 0.1) is 25.4 Å². The minimum absolute atomic E-state index is 0.246. The molecule has 320 valence electrons. The Morgan fingerprint density at radius 2 is 1.20 bits per heavy atom. The number of rotatable bonds is 35. The molecule has 8 unspecified atom stereocenters. The van der Waals surface area contributed by atoms with E-state index in [4.69, 9.17) is 14.0 Å². The van der Waals surface area contributed by atoms with Crippen LogP contribution in [0.5, 0.6) is 0 Å². The van der Waals surface area contributed by atoms with Gasteiger partial charge in [0.1, 0.15) is 30.5 Å². The maximum Gasteiger partial charge on any atom is 0.397 e. The van der Waals surface area contributed by atoms with Gasteiger partial charge in [0.15, 0.2) is 6.29 Å². The third-order valence-electron chi connectivity index (χ3n) is 10.2. The van der Waals surface area contributed by atoms with Crippen LogP contribution in [0.4, 0.5) is 0 Å². The van der Waals surface area contributed by atoms with Crippen LogP contribution in [0, 0.1) is 0 Å². The minimum Gasteiger partial charge on any atom is -0.394 e. The van der Waals surface area contributed by atoms with Crippen LogP contribution < -0.4 is 5.32 Å². The summed E-state index contributed by atoms with van der Waals surface area (Å²) in [4.78, 5) is 13.0. The first kappa shape index (κ1) is 50.8. The predicted molar refractivity (Wildman–Crippen MR) is 210 cm³/mol. The van der Waals surface area contributed by atoms with Crippen molar-refractivity contribution in [1.82, 2.24) is 5.32 Å². The number of unbranched alkanes of at least 4 members (excludes halogenated alkanes) is 22. The fourth-order valence-electron chi connectivity index (χ4n) is 6.75. The van der Waals surface area contributed by atoms with Gasteiger partial charge in [-0.2, -0.15) is 8.42 Å². The van der Waals surface area contributed by atoms with Crippen molar-refractivity contribution < 1.29 is 57.0 Å². The molecule has 7 N–H and O–H groups in total. The Morgan fingerprint density at radius 1 is 0.741 bits per heavy atom. The van der Waals surface area contributed by atoms with Gasteiger partial charge in [-0.25, -0.2) is 4.18 Å². The summed E-state index contributed by atoms with van der Waals surface area (Å²) < 4.78 is 47.3. The Balaban J connectivity index is 2.66. The number of nitrogens with one attached hydrogen (secondary N) is 1. The number of ether oxygens (including phenoxy) is 2. The number of carbonyl (C=O) groups is 1. The van der Waals surface area contributed by atoms with Crippen LogP contribution in [0.2, 0.25) is 0 Å². The van der Waals surface area contributed by atoms with Crippen LogP contribution >= 0.6 is 0 Å². The molecule has 1 aliphatic heterocycles. The van der Waals surface area contributed by atoms with Crippen molar-refractivity contribution in [2.75, 3.05) is 13.2 Å². The topological polar surface area (TPSA) is 212 Å². The van der Waals surface area contributed by atoms with Gasteiger partial charge in [-0.1, -0.05) is 167 Å². The zero-order chi connectivity index (χ0) is 40.0. The molecular formula is C40H77NO12S. The second-order valence-corrected chi connectivity index (χ2v) is 16.1. The van der Waals surface area contributed by atoms with E-state index in [1.54, 1.807) is 0 Å². The van der Waals surface area contributed by atoms with Gasteiger partial charge in [0.25, 0.3) is 0 Å². The van der Waals surface area contributed by atoms with E-state index in [2.05, 4.69) is 23.3 Å². The fraction of sp³-hybridized carbons (Fsp3) is 0.925. The van der Waals surface area contributed by atoms with Crippen molar-refractivity contribution in [3.05, 3.63) is 12.2 Å². The molecule has 1 aliphatic rings. The highest BCUT2D eigenvalue weighted by Gasteiger charge is 2.48. The molecule has 14 heteroatoms. The minimum atomic E-state index is -5.11. The third-order valence-corrected chi connectivity index (χ3v) is 10.6. The largest absolute Gasteiger partial charge is 0.397 e. The lowest BCUT2D eigenvalue weighted by atomic mass is 9.99. The van der Waals surface area contributed by atoms with Gasteiger partial charge in [-0.05, 0) is 19.3 Å². The van der Waals surface area contributed by atoms with Crippen LogP contribution in [-0.2, 0) is 28.9 Å². The highest BCUT2D eigenvalue weighted by Crippen LogP contribution is 2.26. The first-order valence-corrected chi connectivity index (χ1v) is 22.5. The number of hydrogen-bond acceptors (Lipinski definition) is 11. The first-order valence-electron chi connectivity index (χ1n) is 21.2. The molecule has 1 saturated heterocycles. The molecule has 1 rings (SSSR count). The summed E-state index contributed by atoms with van der Waals surface area (Å²) in [7, 11) is -5.11. The fourth-order valence-corrected chi connectivity index (χ4v) is 7.26. The molecule has 0 radical (unpaired) electrons. The Labute approximate surface area is 326 Å². The van der Waals surface area contributed by atoms with Gasteiger partial charge in [-0.3, -0.25) is 9.35 Å². The van der Waals surface area contributed by atoms with E-state index in [0.717, 1.165) is 38.5 Å². The van der Waals surface area contributed by atoms with Crippen molar-refractivity contribution in [3.63, 3.8) is 0 Å². The normalized spacial score (nSPS) is 22.4. The van der Waals surface area contributed by atoms with Crippen LogP contribution in [0.25, 0.3) is 0 Å². The van der Waals surface area contributed by atoms with Crippen LogP contribution in [0.15, 0.2) is 12.2 Å². The number of carbonyl (C=O) groups excluding carboxylic acids is 1. The molecular weight excluding hydrogens is 719 g/mol. The first-order chi connectivity index (χ1) is 25.9. The SMILES string of the molecule is CCCCCCCCCCCCCCC/C=C/C(O)C(COC1OC(CO)C(O)C(OS(=O)(=O)O)C1O)NC(=O)C(O)CCCCCCCCCCCC. The van der Waals surface area contributed by atoms with Crippen molar-refractivity contribution in [3.8, 4) is 0 Å². The molecule has 1 amide bonds. The van der Waals surface area contributed by atoms with Crippen LogP contribution in [0.3, 0.4) is 0 Å². The molecule has 1 heterocycles. The lowest BCUT2D eigenvalue weighted by molar-refractivity contribution is -0.298. The molecule has 54 heavy (non-hydrogen) atoms. The molecule has 13 nitrogen and oxygen atoms in total. The van der Waals surface area contributed by atoms with E-state index in [1.807, 2.05) is 6.08 Å². The highest BCUT2D eigenvalue weighted by atomic mass is 32.3. The molecule has 1 fully saturated rings. The summed E-state index contributed by atoms with van der Waals surface area (Å²) in [5.41, 5.74) is 0. The third kappa shape index (κ3) is 24.4. The maximum atomic E-state index is 13.0. The van der Waals surface area contributed by atoms with Gasteiger partial charge in [-0.15, -0.1) is 0 Å². The zero-order valence-electron chi connectivity index (χ0n) is 33.4. The highest BCUT2D eigenvalue weighted by molar-refractivity contribution is 7.80. The van der Waals surface area contributed by atoms with Crippen molar-refractivity contribution in [2.45, 2.75) is 223 Å². The van der Waals surface area contributed by atoms with Gasteiger partial charge >= 0.3 is 10.4 Å². The number of amides is 1. The van der Waals surface area contributed by atoms with E-state index < -0.39 is 78.5 Å². The molecule has 0 bridgehead atoms. The summed E-state index contributed by atoms with van der Waals surface area (Å²) in [6.45, 7) is 3.18. The number of aliphatic hydroxyl groups is 5. The van der Waals surface area contributed by atoms with E-state index in [1.165, 1.54) is 109 Å². The number of hydrogen-bond donors (Lipinski definition) is 7. The van der Waals surface area contributed by atoms with Gasteiger partial charge in [0.2, 0.25) is 5.91 Å². The Kier molecular flexibility index (Phi) is 30.0. The number of allylic oxidation sites excluding steroid dienone is 1. The summed E-state index contributed by atoms with van der Waals surface area (Å²) in [5.74, 6) is -0.704. The number of aliphatic hydroxyl groups excluding tert-OH is 5. The Hall–Kier alpha value is -1.20. The lowest BCUT2D eigenvalue weighted by Crippen LogP contribution is -2.61. The standard InChI is InChI=1S/C40H77NO12S/c1-3-5-7-9-11-13-15-16-17-18-19-21-22-24-26-28-33(43)32(41-39(47)34(44)29-27-25-23-20-14-12-10-8-6-4-2)31-51-40-37(46)38(53-54(48,49)50)36(45)35(30-42)52-40/h26,28,32-38,40,42-46H,3-25,27,29-31H2,1-2H3,(H,41,47)(H,48,49,50)/b28-26+. The molecule has 8 atom stereocenters. The Bertz CT molecular complexity index is 1050. The van der Waals surface area contributed by atoms with Crippen molar-refractivity contribution in [2.24, 2.45) is 0 Å². The van der Waals surface area contributed by atoms with Gasteiger partial charge in [0, 0.05) is 0 Å². The quantitative estimate of drug-likeness (QED) is 0.0218. The monoisotopic (exact) mass is 796 g/mol. The maximum absolute atomic E-state index is 13.0. The smallest absolute Gasteiger partial charge is 0.394 e. The van der Waals surface area contributed by atoms with Crippen LogP contribution in [0.1, 0.15) is 174 Å². The molecule has 0 aromatic rings. The van der Waals surface area contributed by atoms with Crippen molar-refractivity contribution >= 4 is 16.3 Å². The molecule has 0 aliphatic carbocycles. The average Bonchev–Trinajstić information content (AvgIpc) is 3.14. The summed E-state index contributed by atoms with van der Waals surface area (Å²) >= 11 is 0. The summed E-state index contributed by atoms with van der Waals surface area (Å²) in [5, 5.41) is 54.9. The molecule has 0 spiro atoms. The van der Waals surface area contributed by atoms with Gasteiger partial charge < -0.3 is 40.3 Å². The summed E-state index contributed by atoms with van der Waals surface area (Å²) in [6.07, 6.45) is 20.2. The summed E-state index contributed by atoms with van der Waals surface area (Å²) in [6, 6.07) is -1.11.